The maximum absolute atomic E-state index is 13.9. The summed E-state index contributed by atoms with van der Waals surface area (Å²) in [5.74, 6) is -2.69. The summed E-state index contributed by atoms with van der Waals surface area (Å²) in [7, 11) is 0. The SMILES string of the molecule is O=C(O)c1ccc2c(c1)CN(C(=O)C1CC1c1cc(F)ccc1F)CC2. The highest BCUT2D eigenvalue weighted by Crippen LogP contribution is 2.49. The monoisotopic (exact) mass is 357 g/mol. The van der Waals surface area contributed by atoms with Crippen LogP contribution in [0.5, 0.6) is 0 Å². The van der Waals surface area contributed by atoms with Crippen LogP contribution in [0.15, 0.2) is 36.4 Å². The summed E-state index contributed by atoms with van der Waals surface area (Å²) in [6.45, 7) is 0.900. The molecule has 1 aliphatic carbocycles. The number of carbonyl (C=O) groups is 2. The van der Waals surface area contributed by atoms with Crippen LogP contribution >= 0.6 is 0 Å². The fourth-order valence-corrected chi connectivity index (χ4v) is 3.72. The zero-order valence-electron chi connectivity index (χ0n) is 13.9. The molecule has 0 bridgehead atoms. The minimum atomic E-state index is -1.000. The molecule has 26 heavy (non-hydrogen) atoms. The average Bonchev–Trinajstić information content (AvgIpc) is 3.42. The Hall–Kier alpha value is -2.76. The molecule has 2 aromatic carbocycles. The van der Waals surface area contributed by atoms with Gasteiger partial charge in [0.1, 0.15) is 11.6 Å². The van der Waals surface area contributed by atoms with E-state index in [-0.39, 0.29) is 28.9 Å². The topological polar surface area (TPSA) is 57.6 Å². The Kier molecular flexibility index (Phi) is 3.98. The molecule has 0 radical (unpaired) electrons. The molecule has 6 heteroatoms. The van der Waals surface area contributed by atoms with Crippen molar-refractivity contribution in [1.29, 1.82) is 0 Å². The smallest absolute Gasteiger partial charge is 0.335 e. The minimum absolute atomic E-state index is 0.0787. The summed E-state index contributed by atoms with van der Waals surface area (Å²) in [6, 6.07) is 8.30. The van der Waals surface area contributed by atoms with Crippen molar-refractivity contribution in [1.82, 2.24) is 4.90 Å². The predicted octanol–water partition coefficient (Wildman–Crippen LogP) is 3.35. The van der Waals surface area contributed by atoms with E-state index in [0.29, 0.717) is 25.9 Å². The number of carboxylic acid groups (broad SMARTS) is 1. The fraction of sp³-hybridized carbons (Fsp3) is 0.300. The second kappa shape index (κ2) is 6.20. The molecule has 1 aliphatic heterocycles. The zero-order valence-corrected chi connectivity index (χ0v) is 13.9. The third kappa shape index (κ3) is 2.96. The zero-order chi connectivity index (χ0) is 18.4. The number of aromatic carboxylic acids is 1. The molecule has 1 fully saturated rings. The van der Waals surface area contributed by atoms with Crippen LogP contribution in [-0.2, 0) is 17.8 Å². The highest BCUT2D eigenvalue weighted by atomic mass is 19.1. The number of halogens is 2. The Morgan fingerprint density at radius 2 is 1.88 bits per heavy atom. The van der Waals surface area contributed by atoms with Gasteiger partial charge in [0.15, 0.2) is 0 Å². The Balaban J connectivity index is 1.49. The molecule has 4 nitrogen and oxygen atoms in total. The number of rotatable bonds is 3. The van der Waals surface area contributed by atoms with Gasteiger partial charge in [0.05, 0.1) is 5.56 Å². The van der Waals surface area contributed by atoms with E-state index in [2.05, 4.69) is 0 Å². The minimum Gasteiger partial charge on any atom is -0.478 e. The quantitative estimate of drug-likeness (QED) is 0.917. The summed E-state index contributed by atoms with van der Waals surface area (Å²) >= 11 is 0. The number of hydrogen-bond donors (Lipinski definition) is 1. The van der Waals surface area contributed by atoms with Crippen LogP contribution in [0, 0.1) is 17.6 Å². The van der Waals surface area contributed by atoms with Gasteiger partial charge in [0, 0.05) is 19.0 Å². The average molecular weight is 357 g/mol. The second-order valence-electron chi connectivity index (χ2n) is 6.91. The largest absolute Gasteiger partial charge is 0.478 e. The lowest BCUT2D eigenvalue weighted by molar-refractivity contribution is -0.133. The van der Waals surface area contributed by atoms with Crippen LogP contribution in [0.2, 0.25) is 0 Å². The lowest BCUT2D eigenvalue weighted by atomic mass is 9.97. The highest BCUT2D eigenvalue weighted by Gasteiger charge is 2.47. The number of nitrogens with zero attached hydrogens (tertiary/aromatic N) is 1. The first kappa shape index (κ1) is 16.7. The van der Waals surface area contributed by atoms with E-state index >= 15 is 0 Å². The van der Waals surface area contributed by atoms with Crippen LogP contribution in [0.1, 0.15) is 39.4 Å². The van der Waals surface area contributed by atoms with E-state index in [9.17, 15) is 18.4 Å². The van der Waals surface area contributed by atoms with Crippen molar-refractivity contribution < 1.29 is 23.5 Å². The Labute approximate surface area is 149 Å². The maximum atomic E-state index is 13.9. The number of amides is 1. The van der Waals surface area contributed by atoms with Gasteiger partial charge in [-0.2, -0.15) is 0 Å². The van der Waals surface area contributed by atoms with Gasteiger partial charge in [-0.3, -0.25) is 4.79 Å². The molecule has 2 atom stereocenters. The van der Waals surface area contributed by atoms with Crippen LogP contribution in [0.3, 0.4) is 0 Å². The van der Waals surface area contributed by atoms with Gasteiger partial charge in [-0.25, -0.2) is 13.6 Å². The first-order chi connectivity index (χ1) is 12.4. The fourth-order valence-electron chi connectivity index (χ4n) is 3.72. The van der Waals surface area contributed by atoms with Crippen molar-refractivity contribution >= 4 is 11.9 Å². The molecule has 0 spiro atoms. The van der Waals surface area contributed by atoms with Crippen molar-refractivity contribution in [3.8, 4) is 0 Å². The van der Waals surface area contributed by atoms with E-state index in [1.807, 2.05) is 0 Å². The molecule has 4 rings (SSSR count). The molecule has 0 aromatic heterocycles. The molecule has 2 aliphatic rings. The van der Waals surface area contributed by atoms with Crippen molar-refractivity contribution in [3.05, 3.63) is 70.3 Å². The van der Waals surface area contributed by atoms with E-state index in [1.54, 1.807) is 23.1 Å². The first-order valence-electron chi connectivity index (χ1n) is 8.53. The number of hydrogen-bond acceptors (Lipinski definition) is 2. The summed E-state index contributed by atoms with van der Waals surface area (Å²) in [6.07, 6.45) is 1.17. The lowest BCUT2D eigenvalue weighted by Crippen LogP contribution is -2.37. The number of benzene rings is 2. The first-order valence-corrected chi connectivity index (χ1v) is 8.53. The van der Waals surface area contributed by atoms with Crippen LogP contribution in [-0.4, -0.2) is 28.4 Å². The third-order valence-electron chi connectivity index (χ3n) is 5.24. The molecule has 1 heterocycles. The number of fused-ring (bicyclic) bond motifs is 1. The summed E-state index contributed by atoms with van der Waals surface area (Å²) in [5, 5.41) is 9.12. The Morgan fingerprint density at radius 3 is 2.65 bits per heavy atom. The van der Waals surface area contributed by atoms with Gasteiger partial charge in [-0.1, -0.05) is 6.07 Å². The summed E-state index contributed by atoms with van der Waals surface area (Å²) in [4.78, 5) is 25.6. The highest BCUT2D eigenvalue weighted by molar-refractivity contribution is 5.88. The van der Waals surface area contributed by atoms with E-state index in [0.717, 1.165) is 29.3 Å². The van der Waals surface area contributed by atoms with Crippen molar-refractivity contribution in [2.75, 3.05) is 6.54 Å². The van der Waals surface area contributed by atoms with Crippen LogP contribution in [0.4, 0.5) is 8.78 Å². The molecule has 2 unspecified atom stereocenters. The molecule has 1 N–H and O–H groups in total. The molecule has 134 valence electrons. The van der Waals surface area contributed by atoms with Gasteiger partial charge in [0.2, 0.25) is 5.91 Å². The summed E-state index contributed by atoms with van der Waals surface area (Å²) < 4.78 is 27.3. The van der Waals surface area contributed by atoms with Gasteiger partial charge in [-0.15, -0.1) is 0 Å². The van der Waals surface area contributed by atoms with Crippen molar-refractivity contribution in [2.45, 2.75) is 25.3 Å². The maximum Gasteiger partial charge on any atom is 0.335 e. The molecule has 1 amide bonds. The van der Waals surface area contributed by atoms with Crippen molar-refractivity contribution in [2.24, 2.45) is 5.92 Å². The standard InChI is InChI=1S/C20H17F2NO3/c21-14-3-4-18(22)16(8-14)15-9-17(15)19(24)23-6-5-11-1-2-12(20(25)26)7-13(11)10-23/h1-4,7-8,15,17H,5-6,9-10H2,(H,25,26). The molecular weight excluding hydrogens is 340 g/mol. The van der Waals surface area contributed by atoms with E-state index in [4.69, 9.17) is 5.11 Å². The van der Waals surface area contributed by atoms with E-state index in [1.165, 1.54) is 0 Å². The lowest BCUT2D eigenvalue weighted by Gasteiger charge is -2.29. The van der Waals surface area contributed by atoms with Crippen LogP contribution < -0.4 is 0 Å². The van der Waals surface area contributed by atoms with E-state index < -0.39 is 17.6 Å². The van der Waals surface area contributed by atoms with Gasteiger partial charge in [-0.05, 0) is 65.8 Å². The Bertz CT molecular complexity index is 912. The molecule has 2 aromatic rings. The molecular formula is C20H17F2NO3. The van der Waals surface area contributed by atoms with Gasteiger partial charge < -0.3 is 10.0 Å². The van der Waals surface area contributed by atoms with Gasteiger partial charge in [0.25, 0.3) is 0 Å². The number of carbonyl (C=O) groups excluding carboxylic acids is 1. The van der Waals surface area contributed by atoms with Crippen LogP contribution in [0.25, 0.3) is 0 Å². The number of carboxylic acids is 1. The van der Waals surface area contributed by atoms with Crippen molar-refractivity contribution in [3.63, 3.8) is 0 Å². The van der Waals surface area contributed by atoms with Gasteiger partial charge >= 0.3 is 5.97 Å². The Morgan fingerprint density at radius 1 is 1.08 bits per heavy atom. The second-order valence-corrected chi connectivity index (χ2v) is 6.91. The third-order valence-corrected chi connectivity index (χ3v) is 5.24. The predicted molar refractivity (Wildman–Crippen MR) is 89.7 cm³/mol. The molecule has 0 saturated heterocycles. The molecule has 1 saturated carbocycles. The normalized spacial score (nSPS) is 21.2. The summed E-state index contributed by atoms with van der Waals surface area (Å²) in [5.41, 5.74) is 2.33.